The zero-order valence-electron chi connectivity index (χ0n) is 18.2. The fourth-order valence-electron chi connectivity index (χ4n) is 3.93. The van der Waals surface area contributed by atoms with Crippen molar-refractivity contribution in [1.29, 1.82) is 0 Å². The standard InChI is InChI=1S/C24H27N3O3S2/c1-16-8-9-17(2)21(14-16)22-15-31-24(25-22)26-23(28)18-10-12-20(13-11-18)32(29,30)27-19-6-4-3-5-7-19/h8-15,19,27H,3-7H2,1-2H3,(H,25,26,28). The molecule has 0 radical (unpaired) electrons. The lowest BCUT2D eigenvalue weighted by Gasteiger charge is -2.22. The maximum atomic E-state index is 12.6. The number of rotatable bonds is 6. The number of nitrogens with one attached hydrogen (secondary N) is 2. The Balaban J connectivity index is 1.43. The number of carbonyl (C=O) groups is 1. The first kappa shape index (κ1) is 22.6. The zero-order valence-corrected chi connectivity index (χ0v) is 19.9. The van der Waals surface area contributed by atoms with Crippen LogP contribution >= 0.6 is 11.3 Å². The molecular weight excluding hydrogens is 442 g/mol. The van der Waals surface area contributed by atoms with Crippen molar-refractivity contribution in [2.75, 3.05) is 5.32 Å². The minimum atomic E-state index is -3.59. The molecule has 1 aliphatic carbocycles. The molecule has 0 unspecified atom stereocenters. The number of anilines is 1. The lowest BCUT2D eigenvalue weighted by atomic mass is 9.96. The summed E-state index contributed by atoms with van der Waals surface area (Å²) < 4.78 is 28.1. The van der Waals surface area contributed by atoms with Crippen LogP contribution in [0.25, 0.3) is 11.3 Å². The molecule has 8 heteroatoms. The number of benzene rings is 2. The van der Waals surface area contributed by atoms with Crippen molar-refractivity contribution >= 4 is 32.4 Å². The maximum absolute atomic E-state index is 12.6. The smallest absolute Gasteiger partial charge is 0.257 e. The van der Waals surface area contributed by atoms with Crippen LogP contribution in [-0.2, 0) is 10.0 Å². The summed E-state index contributed by atoms with van der Waals surface area (Å²) in [5, 5.41) is 5.23. The molecule has 1 heterocycles. The average molecular weight is 470 g/mol. The van der Waals surface area contributed by atoms with Gasteiger partial charge in [-0.1, -0.05) is 37.0 Å². The van der Waals surface area contributed by atoms with Gasteiger partial charge in [-0.15, -0.1) is 11.3 Å². The van der Waals surface area contributed by atoms with Crippen LogP contribution in [0, 0.1) is 13.8 Å². The van der Waals surface area contributed by atoms with Crippen molar-refractivity contribution in [2.24, 2.45) is 0 Å². The first-order valence-electron chi connectivity index (χ1n) is 10.8. The van der Waals surface area contributed by atoms with E-state index in [-0.39, 0.29) is 16.8 Å². The molecule has 0 atom stereocenters. The molecule has 0 spiro atoms. The first-order chi connectivity index (χ1) is 15.3. The third kappa shape index (κ3) is 5.26. The Labute approximate surface area is 193 Å². The Morgan fingerprint density at radius 2 is 1.75 bits per heavy atom. The summed E-state index contributed by atoms with van der Waals surface area (Å²) in [6, 6.07) is 12.2. The molecule has 0 saturated heterocycles. The van der Waals surface area contributed by atoms with E-state index < -0.39 is 10.0 Å². The number of thiazole rings is 1. The first-order valence-corrected chi connectivity index (χ1v) is 13.1. The van der Waals surface area contributed by atoms with Gasteiger partial charge >= 0.3 is 0 Å². The van der Waals surface area contributed by atoms with Crippen LogP contribution in [0.5, 0.6) is 0 Å². The SMILES string of the molecule is Cc1ccc(C)c(-c2csc(NC(=O)c3ccc(S(=O)(=O)NC4CCCCC4)cc3)n2)c1. The van der Waals surface area contributed by atoms with Crippen molar-refractivity contribution < 1.29 is 13.2 Å². The molecule has 0 aliphatic heterocycles. The zero-order chi connectivity index (χ0) is 22.7. The van der Waals surface area contributed by atoms with Crippen molar-refractivity contribution in [2.45, 2.75) is 56.9 Å². The predicted octanol–water partition coefficient (Wildman–Crippen LogP) is 5.29. The molecule has 1 aromatic heterocycles. The number of amides is 1. The number of aromatic nitrogens is 1. The van der Waals surface area contributed by atoms with Gasteiger partial charge in [0.2, 0.25) is 10.0 Å². The van der Waals surface area contributed by atoms with Gasteiger partial charge in [0.25, 0.3) is 5.91 Å². The van der Waals surface area contributed by atoms with Crippen LogP contribution in [0.15, 0.2) is 52.7 Å². The Hall–Kier alpha value is -2.55. The largest absolute Gasteiger partial charge is 0.298 e. The summed E-state index contributed by atoms with van der Waals surface area (Å²) in [7, 11) is -3.59. The number of hydrogen-bond acceptors (Lipinski definition) is 5. The fourth-order valence-corrected chi connectivity index (χ4v) is 5.94. The van der Waals surface area contributed by atoms with Crippen LogP contribution in [0.1, 0.15) is 53.6 Å². The highest BCUT2D eigenvalue weighted by molar-refractivity contribution is 7.89. The van der Waals surface area contributed by atoms with Crippen molar-refractivity contribution in [3.63, 3.8) is 0 Å². The molecule has 6 nitrogen and oxygen atoms in total. The van der Waals surface area contributed by atoms with Crippen LogP contribution in [0.4, 0.5) is 5.13 Å². The summed E-state index contributed by atoms with van der Waals surface area (Å²) >= 11 is 1.36. The molecule has 1 fully saturated rings. The van der Waals surface area contributed by atoms with E-state index in [4.69, 9.17) is 0 Å². The Kier molecular flexibility index (Phi) is 6.74. The highest BCUT2D eigenvalue weighted by atomic mass is 32.2. The van der Waals surface area contributed by atoms with Crippen molar-refractivity contribution in [3.05, 3.63) is 64.5 Å². The lowest BCUT2D eigenvalue weighted by Crippen LogP contribution is -2.36. The van der Waals surface area contributed by atoms with Gasteiger partial charge in [0, 0.05) is 22.5 Å². The van der Waals surface area contributed by atoms with Crippen LogP contribution in [-0.4, -0.2) is 25.4 Å². The molecule has 2 N–H and O–H groups in total. The molecule has 1 saturated carbocycles. The summed E-state index contributed by atoms with van der Waals surface area (Å²) in [5.41, 5.74) is 4.52. The van der Waals surface area contributed by atoms with Crippen LogP contribution in [0.3, 0.4) is 0 Å². The molecule has 2 aromatic carbocycles. The quantitative estimate of drug-likeness (QED) is 0.513. The number of aryl methyl sites for hydroxylation is 2. The molecule has 168 valence electrons. The molecule has 1 aliphatic rings. The summed E-state index contributed by atoms with van der Waals surface area (Å²) in [6.45, 7) is 4.07. The predicted molar refractivity (Wildman–Crippen MR) is 129 cm³/mol. The monoisotopic (exact) mass is 469 g/mol. The highest BCUT2D eigenvalue weighted by Gasteiger charge is 2.22. The average Bonchev–Trinajstić information content (AvgIpc) is 3.24. The minimum absolute atomic E-state index is 0.00661. The van der Waals surface area contributed by atoms with Crippen LogP contribution < -0.4 is 10.0 Å². The number of nitrogens with zero attached hydrogens (tertiary/aromatic N) is 1. The van der Waals surface area contributed by atoms with Gasteiger partial charge < -0.3 is 0 Å². The van der Waals surface area contributed by atoms with Gasteiger partial charge in [-0.25, -0.2) is 18.1 Å². The number of sulfonamides is 1. The second kappa shape index (κ2) is 9.52. The van der Waals surface area contributed by atoms with Gasteiger partial charge in [0.05, 0.1) is 10.6 Å². The van der Waals surface area contributed by atoms with E-state index in [0.29, 0.717) is 10.7 Å². The third-order valence-corrected chi connectivity index (χ3v) is 8.04. The van der Waals surface area contributed by atoms with E-state index in [0.717, 1.165) is 54.5 Å². The van der Waals surface area contributed by atoms with Crippen LogP contribution in [0.2, 0.25) is 0 Å². The number of hydrogen-bond donors (Lipinski definition) is 2. The molecule has 32 heavy (non-hydrogen) atoms. The van der Waals surface area contributed by atoms with Crippen molar-refractivity contribution in [1.82, 2.24) is 9.71 Å². The Bertz CT molecular complexity index is 1210. The Morgan fingerprint density at radius 3 is 2.47 bits per heavy atom. The summed E-state index contributed by atoms with van der Waals surface area (Å²) in [4.78, 5) is 17.4. The highest BCUT2D eigenvalue weighted by Crippen LogP contribution is 2.28. The molecule has 0 bridgehead atoms. The van der Waals surface area contributed by atoms with Gasteiger partial charge in [0.1, 0.15) is 0 Å². The van der Waals surface area contributed by atoms with E-state index in [1.807, 2.05) is 19.2 Å². The van der Waals surface area contributed by atoms with E-state index in [9.17, 15) is 13.2 Å². The Morgan fingerprint density at radius 1 is 1.03 bits per heavy atom. The number of carbonyl (C=O) groups excluding carboxylic acids is 1. The normalized spacial score (nSPS) is 14.9. The van der Waals surface area contributed by atoms with Gasteiger partial charge in [-0.3, -0.25) is 10.1 Å². The summed E-state index contributed by atoms with van der Waals surface area (Å²) in [5.74, 6) is -0.323. The second-order valence-corrected chi connectivity index (χ2v) is 10.9. The fraction of sp³-hybridized carbons (Fsp3) is 0.333. The molecular formula is C24H27N3O3S2. The van der Waals surface area contributed by atoms with E-state index in [2.05, 4.69) is 33.2 Å². The molecule has 4 rings (SSSR count). The van der Waals surface area contributed by atoms with E-state index in [1.54, 1.807) is 0 Å². The molecule has 3 aromatic rings. The molecule has 1 amide bonds. The minimum Gasteiger partial charge on any atom is -0.298 e. The topological polar surface area (TPSA) is 88.2 Å². The van der Waals surface area contributed by atoms with Gasteiger partial charge in [0.15, 0.2) is 5.13 Å². The van der Waals surface area contributed by atoms with Crippen molar-refractivity contribution in [3.8, 4) is 11.3 Å². The van der Waals surface area contributed by atoms with Gasteiger partial charge in [-0.05, 0) is 62.6 Å². The van der Waals surface area contributed by atoms with E-state index >= 15 is 0 Å². The third-order valence-electron chi connectivity index (χ3n) is 5.75. The van der Waals surface area contributed by atoms with E-state index in [1.165, 1.54) is 35.6 Å². The van der Waals surface area contributed by atoms with Gasteiger partial charge in [-0.2, -0.15) is 0 Å². The lowest BCUT2D eigenvalue weighted by molar-refractivity contribution is 0.102. The summed E-state index contributed by atoms with van der Waals surface area (Å²) in [6.07, 6.45) is 5.00. The maximum Gasteiger partial charge on any atom is 0.257 e. The second-order valence-electron chi connectivity index (χ2n) is 8.29.